The lowest BCUT2D eigenvalue weighted by Crippen LogP contribution is -2.58. The number of nitrogens with one attached hydrogen (secondary N) is 2. The summed E-state index contributed by atoms with van der Waals surface area (Å²) >= 11 is 5.57. The van der Waals surface area contributed by atoms with Crippen molar-refractivity contribution in [3.63, 3.8) is 0 Å². The van der Waals surface area contributed by atoms with E-state index >= 15 is 0 Å². The van der Waals surface area contributed by atoms with Crippen molar-refractivity contribution in [1.82, 2.24) is 10.6 Å². The summed E-state index contributed by atoms with van der Waals surface area (Å²) in [4.78, 5) is 24.2. The Balaban J connectivity index is 1.57. The van der Waals surface area contributed by atoms with Gasteiger partial charge in [0.25, 0.3) is 0 Å². The number of benzene rings is 1. The summed E-state index contributed by atoms with van der Waals surface area (Å²) in [5.74, 6) is 0.161. The molecule has 1 saturated heterocycles. The molecule has 1 aromatic rings. The van der Waals surface area contributed by atoms with E-state index in [4.69, 9.17) is 16.3 Å². The second-order valence-corrected chi connectivity index (χ2v) is 7.70. The van der Waals surface area contributed by atoms with Crippen LogP contribution in [-0.2, 0) is 27.2 Å². The van der Waals surface area contributed by atoms with E-state index in [1.165, 1.54) is 11.1 Å². The highest BCUT2D eigenvalue weighted by atomic mass is 35.5. The van der Waals surface area contributed by atoms with E-state index in [-0.39, 0.29) is 17.7 Å². The maximum absolute atomic E-state index is 12.7. The second-order valence-electron chi connectivity index (χ2n) is 7.43. The quantitative estimate of drug-likeness (QED) is 0.746. The van der Waals surface area contributed by atoms with Gasteiger partial charge < -0.3 is 15.4 Å². The summed E-state index contributed by atoms with van der Waals surface area (Å²) in [6.07, 6.45) is 4.98. The van der Waals surface area contributed by atoms with E-state index in [1.807, 2.05) is 0 Å². The van der Waals surface area contributed by atoms with Gasteiger partial charge in [0.1, 0.15) is 5.88 Å². The van der Waals surface area contributed by atoms with E-state index in [1.54, 1.807) is 0 Å². The molecule has 2 amide bonds. The van der Waals surface area contributed by atoms with Crippen LogP contribution in [0, 0.1) is 5.92 Å². The average Bonchev–Trinajstić information content (AvgIpc) is 2.66. The van der Waals surface area contributed by atoms with E-state index in [0.717, 1.165) is 19.3 Å². The molecule has 6 heteroatoms. The van der Waals surface area contributed by atoms with Gasteiger partial charge in [0, 0.05) is 26.2 Å². The number of carbonyl (C=O) groups excluding carboxylic acids is 2. The Kier molecular flexibility index (Phi) is 6.54. The van der Waals surface area contributed by atoms with E-state index < -0.39 is 5.54 Å². The Morgan fingerprint density at radius 1 is 1.15 bits per heavy atom. The van der Waals surface area contributed by atoms with Gasteiger partial charge in [-0.15, -0.1) is 11.6 Å². The molecule has 1 fully saturated rings. The van der Waals surface area contributed by atoms with Gasteiger partial charge in [0.15, 0.2) is 0 Å². The summed E-state index contributed by atoms with van der Waals surface area (Å²) in [7, 11) is 0. The lowest BCUT2D eigenvalue weighted by atomic mass is 9.81. The molecular formula is C20H27ClN2O3. The van der Waals surface area contributed by atoms with Gasteiger partial charge in [0.2, 0.25) is 11.8 Å². The van der Waals surface area contributed by atoms with Crippen LogP contribution in [0.15, 0.2) is 24.3 Å². The molecule has 3 rings (SSSR count). The first-order chi connectivity index (χ1) is 12.6. The van der Waals surface area contributed by atoms with Crippen molar-refractivity contribution in [2.45, 2.75) is 44.1 Å². The molecule has 1 aromatic carbocycles. The van der Waals surface area contributed by atoms with Crippen LogP contribution >= 0.6 is 11.6 Å². The van der Waals surface area contributed by atoms with E-state index in [9.17, 15) is 9.59 Å². The van der Waals surface area contributed by atoms with Crippen molar-refractivity contribution >= 4 is 23.4 Å². The normalized spacial score (nSPS) is 21.5. The van der Waals surface area contributed by atoms with Crippen LogP contribution in [0.25, 0.3) is 0 Å². The van der Waals surface area contributed by atoms with Gasteiger partial charge in [-0.1, -0.05) is 24.3 Å². The average molecular weight is 379 g/mol. The number of hydrogen-bond donors (Lipinski definition) is 2. The number of amides is 2. The Morgan fingerprint density at radius 2 is 1.88 bits per heavy atom. The standard InChI is InChI=1S/C20H27ClN2O3/c21-13-19(25)22-14-20(7-9-26-10-8-20)23-18(24)12-15-5-6-16-3-1-2-4-17(16)11-15/h1-4,15H,5-14H2,(H,22,25)(H,23,24). The van der Waals surface area contributed by atoms with Crippen molar-refractivity contribution in [2.75, 3.05) is 25.6 Å². The molecule has 1 aliphatic carbocycles. The maximum Gasteiger partial charge on any atom is 0.235 e. The summed E-state index contributed by atoms with van der Waals surface area (Å²) < 4.78 is 5.44. The summed E-state index contributed by atoms with van der Waals surface area (Å²) in [6, 6.07) is 8.50. The molecule has 1 heterocycles. The Bertz CT molecular complexity index is 644. The van der Waals surface area contributed by atoms with Gasteiger partial charge in [0.05, 0.1) is 5.54 Å². The van der Waals surface area contributed by atoms with Crippen LogP contribution in [0.5, 0.6) is 0 Å². The SMILES string of the molecule is O=C(CCl)NCC1(NC(=O)CC2CCc3ccccc3C2)CCOCC1. The highest BCUT2D eigenvalue weighted by Gasteiger charge is 2.35. The number of fused-ring (bicyclic) bond motifs is 1. The molecule has 0 bridgehead atoms. The molecule has 2 N–H and O–H groups in total. The molecule has 2 aliphatic rings. The molecule has 1 unspecified atom stereocenters. The monoisotopic (exact) mass is 378 g/mol. The third-order valence-electron chi connectivity index (χ3n) is 5.52. The van der Waals surface area contributed by atoms with Crippen LogP contribution in [0.2, 0.25) is 0 Å². The fourth-order valence-corrected chi connectivity index (χ4v) is 4.07. The third kappa shape index (κ3) is 4.98. The fourth-order valence-electron chi connectivity index (χ4n) is 3.98. The van der Waals surface area contributed by atoms with Gasteiger partial charge in [-0.2, -0.15) is 0 Å². The summed E-state index contributed by atoms with van der Waals surface area (Å²) in [5, 5.41) is 6.03. The molecule has 1 atom stereocenters. The van der Waals surface area contributed by atoms with Gasteiger partial charge in [-0.25, -0.2) is 0 Å². The molecule has 5 nitrogen and oxygen atoms in total. The number of aryl methyl sites for hydroxylation is 1. The van der Waals surface area contributed by atoms with E-state index in [0.29, 0.717) is 44.9 Å². The Morgan fingerprint density at radius 3 is 2.62 bits per heavy atom. The first-order valence-corrected chi connectivity index (χ1v) is 9.92. The van der Waals surface area contributed by atoms with E-state index in [2.05, 4.69) is 34.9 Å². The van der Waals surface area contributed by atoms with Crippen LogP contribution < -0.4 is 10.6 Å². The summed E-state index contributed by atoms with van der Waals surface area (Å²) in [6.45, 7) is 1.59. The molecule has 1 aliphatic heterocycles. The minimum absolute atomic E-state index is 0.0661. The number of hydrogen-bond acceptors (Lipinski definition) is 3. The Labute approximate surface area is 159 Å². The van der Waals surface area contributed by atoms with Crippen molar-refractivity contribution in [3.05, 3.63) is 35.4 Å². The molecule has 0 radical (unpaired) electrons. The van der Waals surface area contributed by atoms with Crippen LogP contribution in [0.3, 0.4) is 0 Å². The van der Waals surface area contributed by atoms with Crippen molar-refractivity contribution < 1.29 is 14.3 Å². The van der Waals surface area contributed by atoms with Crippen LogP contribution in [0.1, 0.15) is 36.8 Å². The minimum atomic E-state index is -0.427. The predicted molar refractivity (Wildman–Crippen MR) is 101 cm³/mol. The lowest BCUT2D eigenvalue weighted by molar-refractivity contribution is -0.126. The molecule has 0 saturated carbocycles. The topological polar surface area (TPSA) is 67.4 Å². The highest BCUT2D eigenvalue weighted by Crippen LogP contribution is 2.28. The zero-order valence-electron chi connectivity index (χ0n) is 15.1. The second kappa shape index (κ2) is 8.87. The van der Waals surface area contributed by atoms with Crippen molar-refractivity contribution in [3.8, 4) is 0 Å². The smallest absolute Gasteiger partial charge is 0.235 e. The minimum Gasteiger partial charge on any atom is -0.381 e. The predicted octanol–water partition coefficient (Wildman–Crippen LogP) is 2.20. The van der Waals surface area contributed by atoms with Gasteiger partial charge in [-0.05, 0) is 49.1 Å². The number of halogens is 1. The number of alkyl halides is 1. The summed E-state index contributed by atoms with van der Waals surface area (Å²) in [5.41, 5.74) is 2.35. The first kappa shape index (κ1) is 19.2. The zero-order valence-corrected chi connectivity index (χ0v) is 15.8. The van der Waals surface area contributed by atoms with Gasteiger partial charge >= 0.3 is 0 Å². The highest BCUT2D eigenvalue weighted by molar-refractivity contribution is 6.27. The first-order valence-electron chi connectivity index (χ1n) is 9.38. The zero-order chi connectivity index (χ0) is 18.4. The lowest BCUT2D eigenvalue weighted by Gasteiger charge is -2.38. The number of carbonyl (C=O) groups is 2. The van der Waals surface area contributed by atoms with Gasteiger partial charge in [-0.3, -0.25) is 9.59 Å². The number of ether oxygens (including phenoxy) is 1. The maximum atomic E-state index is 12.7. The Hall–Kier alpha value is -1.59. The molecule has 26 heavy (non-hydrogen) atoms. The largest absolute Gasteiger partial charge is 0.381 e. The number of rotatable bonds is 6. The van der Waals surface area contributed by atoms with Crippen LogP contribution in [-0.4, -0.2) is 43.0 Å². The third-order valence-corrected chi connectivity index (χ3v) is 5.77. The molecule has 0 aromatic heterocycles. The van der Waals surface area contributed by atoms with Crippen molar-refractivity contribution in [2.24, 2.45) is 5.92 Å². The van der Waals surface area contributed by atoms with Crippen molar-refractivity contribution in [1.29, 1.82) is 0 Å². The molecule has 142 valence electrons. The molecule has 0 spiro atoms. The van der Waals surface area contributed by atoms with Crippen LogP contribution in [0.4, 0.5) is 0 Å². The fraction of sp³-hybridized carbons (Fsp3) is 0.600. The molecular weight excluding hydrogens is 352 g/mol.